The molecule has 0 radical (unpaired) electrons. The van der Waals surface area contributed by atoms with Gasteiger partial charge in [-0.05, 0) is 58.6 Å². The molecule has 3 heterocycles. The van der Waals surface area contributed by atoms with Crippen LogP contribution < -0.4 is 5.32 Å². The minimum Gasteiger partial charge on any atom is -0.443 e. The second-order valence-electron chi connectivity index (χ2n) is 9.63. The van der Waals surface area contributed by atoms with E-state index in [1.165, 1.54) is 15.9 Å². The Balaban J connectivity index is 1.57. The zero-order chi connectivity index (χ0) is 25.0. The number of amides is 1. The van der Waals surface area contributed by atoms with E-state index >= 15 is 0 Å². The molecule has 0 aliphatic heterocycles. The van der Waals surface area contributed by atoms with E-state index in [0.717, 1.165) is 30.6 Å². The lowest BCUT2D eigenvalue weighted by molar-refractivity contribution is -0.00408. The molecule has 0 unspecified atom stereocenters. The first-order valence-corrected chi connectivity index (χ1v) is 12.7. The van der Waals surface area contributed by atoms with Gasteiger partial charge in [-0.1, -0.05) is 0 Å². The zero-order valence-electron chi connectivity index (χ0n) is 20.6. The number of methoxy groups -OCH3 is 1. The maximum atomic E-state index is 13.4. The molecule has 1 fully saturated rings. The Kier molecular flexibility index (Phi) is 7.83. The minimum absolute atomic E-state index is 0.0628. The highest BCUT2D eigenvalue weighted by atomic mass is 32.1. The van der Waals surface area contributed by atoms with Crippen molar-refractivity contribution in [1.82, 2.24) is 19.9 Å². The van der Waals surface area contributed by atoms with Gasteiger partial charge in [0.2, 0.25) is 0 Å². The monoisotopic (exact) mass is 500 g/mol. The van der Waals surface area contributed by atoms with Gasteiger partial charge in [0, 0.05) is 30.9 Å². The molecule has 0 atom stereocenters. The van der Waals surface area contributed by atoms with Gasteiger partial charge in [-0.2, -0.15) is 0 Å². The second-order valence-corrected chi connectivity index (χ2v) is 10.5. The van der Waals surface area contributed by atoms with Crippen LogP contribution in [0, 0.1) is 0 Å². The summed E-state index contributed by atoms with van der Waals surface area (Å²) in [5, 5.41) is 3.78. The molecule has 4 rings (SSSR count). The van der Waals surface area contributed by atoms with Crippen LogP contribution >= 0.6 is 11.3 Å². The quantitative estimate of drug-likeness (QED) is 0.471. The van der Waals surface area contributed by atoms with E-state index in [0.29, 0.717) is 35.5 Å². The third kappa shape index (κ3) is 6.25. The van der Waals surface area contributed by atoms with Gasteiger partial charge in [-0.3, -0.25) is 9.78 Å². The molecule has 0 spiro atoms. The number of pyridine rings is 1. The van der Waals surface area contributed by atoms with E-state index in [9.17, 15) is 9.59 Å². The Morgan fingerprint density at radius 1 is 1.20 bits per heavy atom. The highest BCUT2D eigenvalue weighted by Gasteiger charge is 2.26. The second kappa shape index (κ2) is 10.8. The van der Waals surface area contributed by atoms with Crippen molar-refractivity contribution in [2.75, 3.05) is 20.3 Å². The Bertz CT molecular complexity index is 1160. The summed E-state index contributed by atoms with van der Waals surface area (Å²) in [6.45, 7) is 6.59. The summed E-state index contributed by atoms with van der Waals surface area (Å²) in [5.41, 5.74) is 2.49. The fourth-order valence-corrected chi connectivity index (χ4v) is 4.74. The van der Waals surface area contributed by atoms with E-state index in [4.69, 9.17) is 14.2 Å². The van der Waals surface area contributed by atoms with Crippen molar-refractivity contribution in [3.63, 3.8) is 0 Å². The van der Waals surface area contributed by atoms with Gasteiger partial charge in [0.15, 0.2) is 5.65 Å². The van der Waals surface area contributed by atoms with Gasteiger partial charge in [0.25, 0.3) is 5.91 Å². The number of hydrogen-bond donors (Lipinski definition) is 1. The van der Waals surface area contributed by atoms with Crippen LogP contribution in [0.15, 0.2) is 30.0 Å². The first kappa shape index (κ1) is 25.3. The smallest absolute Gasteiger partial charge is 0.420 e. The van der Waals surface area contributed by atoms with Crippen molar-refractivity contribution in [3.8, 4) is 10.6 Å². The molecular weight excluding hydrogens is 468 g/mol. The first-order valence-electron chi connectivity index (χ1n) is 11.8. The van der Waals surface area contributed by atoms with Gasteiger partial charge < -0.3 is 19.5 Å². The average molecular weight is 501 g/mol. The molecule has 1 aliphatic rings. The summed E-state index contributed by atoms with van der Waals surface area (Å²) in [7, 11) is 1.66. The van der Waals surface area contributed by atoms with Crippen LogP contribution in [0.4, 0.5) is 4.79 Å². The van der Waals surface area contributed by atoms with Crippen LogP contribution in [-0.2, 0) is 14.2 Å². The lowest BCUT2D eigenvalue weighted by atomic mass is 9.92. The molecule has 1 N–H and O–H groups in total. The van der Waals surface area contributed by atoms with Crippen LogP contribution in [0.5, 0.6) is 0 Å². The zero-order valence-corrected chi connectivity index (χ0v) is 21.4. The molecule has 35 heavy (non-hydrogen) atoms. The molecule has 188 valence electrons. The van der Waals surface area contributed by atoms with Crippen LogP contribution in [-0.4, -0.2) is 64.6 Å². The molecule has 10 heteroatoms. The van der Waals surface area contributed by atoms with Gasteiger partial charge in [-0.15, -0.1) is 11.3 Å². The fourth-order valence-electron chi connectivity index (χ4n) is 4.16. The maximum Gasteiger partial charge on any atom is 0.420 e. The number of ether oxygens (including phenoxy) is 3. The number of carbonyl (C=O) groups excluding carboxylic acids is 2. The lowest BCUT2D eigenvalue weighted by Crippen LogP contribution is -2.39. The predicted molar refractivity (Wildman–Crippen MR) is 134 cm³/mol. The maximum absolute atomic E-state index is 13.4. The predicted octanol–water partition coefficient (Wildman–Crippen LogP) is 4.65. The third-order valence-corrected chi connectivity index (χ3v) is 6.62. The van der Waals surface area contributed by atoms with Crippen molar-refractivity contribution in [3.05, 3.63) is 35.6 Å². The van der Waals surface area contributed by atoms with Gasteiger partial charge in [-0.25, -0.2) is 14.3 Å². The Labute approximate surface area is 208 Å². The molecule has 1 amide bonds. The van der Waals surface area contributed by atoms with Crippen molar-refractivity contribution in [2.45, 2.75) is 64.2 Å². The van der Waals surface area contributed by atoms with E-state index < -0.39 is 11.7 Å². The summed E-state index contributed by atoms with van der Waals surface area (Å²) in [5.74, 6) is -0.186. The molecule has 0 saturated heterocycles. The largest absolute Gasteiger partial charge is 0.443 e. The molecule has 0 bridgehead atoms. The summed E-state index contributed by atoms with van der Waals surface area (Å²) in [4.78, 5) is 35.9. The fraction of sp³-hybridized carbons (Fsp3) is 0.520. The number of nitrogens with zero attached hydrogens (tertiary/aromatic N) is 3. The number of fused-ring (bicyclic) bond motifs is 1. The average Bonchev–Trinajstić information content (AvgIpc) is 3.49. The number of hydrogen-bond acceptors (Lipinski definition) is 8. The lowest BCUT2D eigenvalue weighted by Gasteiger charge is -2.29. The number of nitrogens with one attached hydrogen (secondary N) is 1. The van der Waals surface area contributed by atoms with Crippen molar-refractivity contribution < 1.29 is 23.8 Å². The molecule has 9 nitrogen and oxygen atoms in total. The standard InChI is InChI=1S/C25H32N4O5S/c1-25(2,3)34-24(31)29-10-9-18-19(13-20(28-22(18)29)21-14-26-15-35-21)23(30)27-16-5-7-17(8-6-16)33-12-11-32-4/h9-10,13-17H,5-8,11-12H2,1-4H3,(H,27,30)/t16-,17-. The van der Waals surface area contributed by atoms with Crippen LogP contribution in [0.25, 0.3) is 21.6 Å². The third-order valence-electron chi connectivity index (χ3n) is 5.83. The first-order chi connectivity index (χ1) is 16.7. The van der Waals surface area contributed by atoms with Crippen molar-refractivity contribution >= 4 is 34.4 Å². The summed E-state index contributed by atoms with van der Waals surface area (Å²) in [6.07, 6.45) is 6.43. The van der Waals surface area contributed by atoms with Crippen molar-refractivity contribution in [2.24, 2.45) is 0 Å². The van der Waals surface area contributed by atoms with Crippen LogP contribution in [0.1, 0.15) is 56.8 Å². The van der Waals surface area contributed by atoms with E-state index in [-0.39, 0.29) is 18.1 Å². The van der Waals surface area contributed by atoms with E-state index in [2.05, 4.69) is 15.3 Å². The van der Waals surface area contributed by atoms with Crippen LogP contribution in [0.2, 0.25) is 0 Å². The Morgan fingerprint density at radius 3 is 2.63 bits per heavy atom. The van der Waals surface area contributed by atoms with Crippen LogP contribution in [0.3, 0.4) is 0 Å². The Morgan fingerprint density at radius 2 is 1.97 bits per heavy atom. The van der Waals surface area contributed by atoms with Gasteiger partial charge in [0.05, 0.1) is 41.0 Å². The topological polar surface area (TPSA) is 105 Å². The number of thiazole rings is 1. The normalized spacial score (nSPS) is 18.5. The molecule has 3 aromatic heterocycles. The number of rotatable bonds is 7. The van der Waals surface area contributed by atoms with E-state index in [1.54, 1.807) is 37.1 Å². The highest BCUT2D eigenvalue weighted by molar-refractivity contribution is 7.13. The van der Waals surface area contributed by atoms with Gasteiger partial charge in [0.1, 0.15) is 5.60 Å². The Hall–Kier alpha value is -2.82. The molecule has 1 saturated carbocycles. The number of carbonyl (C=O) groups is 2. The summed E-state index contributed by atoms with van der Waals surface area (Å²) in [6, 6.07) is 3.57. The molecular formula is C25H32N4O5S. The molecule has 1 aliphatic carbocycles. The highest BCUT2D eigenvalue weighted by Crippen LogP contribution is 2.29. The molecule has 0 aromatic carbocycles. The SMILES string of the molecule is COCCO[C@H]1CC[C@H](NC(=O)c2cc(-c3cncs3)nc3c2ccn3C(=O)OC(C)(C)C)CC1. The summed E-state index contributed by atoms with van der Waals surface area (Å²) < 4.78 is 17.8. The van der Waals surface area contributed by atoms with E-state index in [1.807, 2.05) is 20.8 Å². The number of aromatic nitrogens is 3. The molecule has 3 aromatic rings. The van der Waals surface area contributed by atoms with Gasteiger partial charge >= 0.3 is 6.09 Å². The summed E-state index contributed by atoms with van der Waals surface area (Å²) >= 11 is 1.42. The minimum atomic E-state index is -0.657. The van der Waals surface area contributed by atoms with Crippen molar-refractivity contribution in [1.29, 1.82) is 0 Å².